The second-order valence-corrected chi connectivity index (χ2v) is 4.96. The van der Waals surface area contributed by atoms with Crippen LogP contribution in [-0.4, -0.2) is 55.0 Å². The third-order valence-electron chi connectivity index (χ3n) is 3.21. The van der Waals surface area contributed by atoms with Gasteiger partial charge in [0.25, 0.3) is 0 Å². The molecule has 1 saturated heterocycles. The lowest BCUT2D eigenvalue weighted by atomic mass is 10.0. The molecule has 0 aromatic rings. The average molecular weight is 213 g/mol. The van der Waals surface area contributed by atoms with Gasteiger partial charge in [-0.15, -0.1) is 0 Å². The van der Waals surface area contributed by atoms with Crippen molar-refractivity contribution in [2.45, 2.75) is 32.4 Å². The summed E-state index contributed by atoms with van der Waals surface area (Å²) in [5.74, 6) is 0.324. The summed E-state index contributed by atoms with van der Waals surface area (Å²) in [4.78, 5) is 16.0. The molecular formula is C11H23N3O. The molecule has 0 aromatic heterocycles. The first kappa shape index (κ1) is 12.5. The minimum Gasteiger partial charge on any atom is -0.340 e. The Kier molecular flexibility index (Phi) is 4.11. The summed E-state index contributed by atoms with van der Waals surface area (Å²) in [6, 6.07) is 0.152. The van der Waals surface area contributed by atoms with Crippen molar-refractivity contribution in [2.24, 2.45) is 11.7 Å². The number of likely N-dealkylation sites (tertiary alicyclic amines) is 1. The summed E-state index contributed by atoms with van der Waals surface area (Å²) in [7, 11) is 4.11. The highest BCUT2D eigenvalue weighted by atomic mass is 16.2. The van der Waals surface area contributed by atoms with Gasteiger partial charge in [-0.05, 0) is 26.4 Å². The average Bonchev–Trinajstić information content (AvgIpc) is 2.64. The number of likely N-dealkylation sites (N-methyl/N-ethyl adjacent to an activating group) is 1. The van der Waals surface area contributed by atoms with Crippen LogP contribution in [0.5, 0.6) is 0 Å². The molecule has 0 spiro atoms. The second kappa shape index (κ2) is 4.94. The monoisotopic (exact) mass is 213 g/mol. The maximum atomic E-state index is 11.9. The number of carbonyl (C=O) groups is 1. The third kappa shape index (κ3) is 2.92. The summed E-state index contributed by atoms with van der Waals surface area (Å²) in [5, 5.41) is 0. The van der Waals surface area contributed by atoms with E-state index in [1.165, 1.54) is 0 Å². The van der Waals surface area contributed by atoms with E-state index in [0.717, 1.165) is 19.5 Å². The zero-order valence-electron chi connectivity index (χ0n) is 10.2. The van der Waals surface area contributed by atoms with E-state index in [9.17, 15) is 4.79 Å². The Bertz CT molecular complexity index is 228. The topological polar surface area (TPSA) is 49.6 Å². The Morgan fingerprint density at radius 2 is 2.07 bits per heavy atom. The highest BCUT2D eigenvalue weighted by Gasteiger charge is 2.30. The zero-order valence-corrected chi connectivity index (χ0v) is 10.2. The molecule has 0 radical (unpaired) electrons. The Hall–Kier alpha value is -0.610. The van der Waals surface area contributed by atoms with Crippen LogP contribution in [0.15, 0.2) is 0 Å². The van der Waals surface area contributed by atoms with Gasteiger partial charge in [-0.2, -0.15) is 0 Å². The van der Waals surface area contributed by atoms with Crippen molar-refractivity contribution in [1.29, 1.82) is 0 Å². The Morgan fingerprint density at radius 1 is 1.47 bits per heavy atom. The lowest BCUT2D eigenvalue weighted by Crippen LogP contribution is -2.46. The molecule has 1 heterocycles. The molecule has 4 heteroatoms. The van der Waals surface area contributed by atoms with Gasteiger partial charge in [-0.3, -0.25) is 4.79 Å². The molecule has 1 amide bonds. The lowest BCUT2D eigenvalue weighted by molar-refractivity contribution is -0.132. The first-order chi connectivity index (χ1) is 6.93. The van der Waals surface area contributed by atoms with Gasteiger partial charge in [0.15, 0.2) is 0 Å². The number of hydrogen-bond acceptors (Lipinski definition) is 3. The van der Waals surface area contributed by atoms with Crippen molar-refractivity contribution in [3.8, 4) is 0 Å². The Morgan fingerprint density at radius 3 is 2.47 bits per heavy atom. The number of rotatable bonds is 3. The van der Waals surface area contributed by atoms with E-state index in [2.05, 4.69) is 19.0 Å². The molecular weight excluding hydrogens is 190 g/mol. The molecule has 1 rings (SSSR count). The normalized spacial score (nSPS) is 23.9. The third-order valence-corrected chi connectivity index (χ3v) is 3.21. The summed E-state index contributed by atoms with van der Waals surface area (Å²) in [5.41, 5.74) is 5.86. The number of amides is 1. The van der Waals surface area contributed by atoms with Gasteiger partial charge in [0, 0.05) is 19.1 Å². The molecule has 0 aromatic carbocycles. The van der Waals surface area contributed by atoms with Gasteiger partial charge in [0.1, 0.15) is 0 Å². The van der Waals surface area contributed by atoms with Crippen LogP contribution in [0.1, 0.15) is 20.3 Å². The predicted octanol–water partition coefficient (Wildman–Crippen LogP) is 0.132. The number of nitrogens with two attached hydrogens (primary N) is 1. The molecule has 1 aliphatic heterocycles. The number of nitrogens with zero attached hydrogens (tertiary/aromatic N) is 2. The molecule has 0 saturated carbocycles. The highest BCUT2D eigenvalue weighted by molar-refractivity contribution is 5.82. The first-order valence-electron chi connectivity index (χ1n) is 5.64. The van der Waals surface area contributed by atoms with Gasteiger partial charge in [0.2, 0.25) is 5.91 Å². The minimum absolute atomic E-state index is 0.106. The van der Waals surface area contributed by atoms with Gasteiger partial charge >= 0.3 is 0 Å². The fraction of sp³-hybridized carbons (Fsp3) is 0.909. The van der Waals surface area contributed by atoms with Crippen molar-refractivity contribution >= 4 is 5.91 Å². The maximum Gasteiger partial charge on any atom is 0.239 e. The molecule has 2 atom stereocenters. The van der Waals surface area contributed by atoms with E-state index in [1.807, 2.05) is 18.7 Å². The molecule has 0 bridgehead atoms. The van der Waals surface area contributed by atoms with Crippen LogP contribution < -0.4 is 5.73 Å². The molecule has 15 heavy (non-hydrogen) atoms. The largest absolute Gasteiger partial charge is 0.340 e. The van der Waals surface area contributed by atoms with Crippen LogP contribution >= 0.6 is 0 Å². The summed E-state index contributed by atoms with van der Waals surface area (Å²) >= 11 is 0. The van der Waals surface area contributed by atoms with Crippen LogP contribution in [0.25, 0.3) is 0 Å². The molecule has 0 aliphatic carbocycles. The van der Waals surface area contributed by atoms with E-state index >= 15 is 0 Å². The standard InChI is InChI=1S/C11H23N3O/c1-8(2)10(12)11(15)14-6-5-9(7-14)13(3)4/h8-10H,5-7,12H2,1-4H3/t9-,10+/m1/s1. The van der Waals surface area contributed by atoms with Crippen LogP contribution in [0.2, 0.25) is 0 Å². The van der Waals surface area contributed by atoms with E-state index in [0.29, 0.717) is 6.04 Å². The summed E-state index contributed by atoms with van der Waals surface area (Å²) < 4.78 is 0. The van der Waals surface area contributed by atoms with Crippen molar-refractivity contribution in [3.05, 3.63) is 0 Å². The maximum absolute atomic E-state index is 11.9. The van der Waals surface area contributed by atoms with Crippen molar-refractivity contribution in [2.75, 3.05) is 27.2 Å². The van der Waals surface area contributed by atoms with Crippen LogP contribution in [-0.2, 0) is 4.79 Å². The van der Waals surface area contributed by atoms with E-state index in [4.69, 9.17) is 5.73 Å². The predicted molar refractivity (Wildman–Crippen MR) is 61.5 cm³/mol. The van der Waals surface area contributed by atoms with E-state index in [1.54, 1.807) is 0 Å². The summed E-state index contributed by atoms with van der Waals surface area (Å²) in [6.45, 7) is 5.65. The fourth-order valence-corrected chi connectivity index (χ4v) is 1.86. The Labute approximate surface area is 92.4 Å². The van der Waals surface area contributed by atoms with E-state index in [-0.39, 0.29) is 17.9 Å². The number of hydrogen-bond donors (Lipinski definition) is 1. The van der Waals surface area contributed by atoms with Crippen LogP contribution in [0, 0.1) is 5.92 Å². The smallest absolute Gasteiger partial charge is 0.239 e. The van der Waals surface area contributed by atoms with Crippen LogP contribution in [0.3, 0.4) is 0 Å². The molecule has 88 valence electrons. The van der Waals surface area contributed by atoms with Gasteiger partial charge < -0.3 is 15.5 Å². The fourth-order valence-electron chi connectivity index (χ4n) is 1.86. The molecule has 2 N–H and O–H groups in total. The number of carbonyl (C=O) groups excluding carboxylic acids is 1. The van der Waals surface area contributed by atoms with Crippen LogP contribution in [0.4, 0.5) is 0 Å². The molecule has 1 fully saturated rings. The van der Waals surface area contributed by atoms with Gasteiger partial charge in [0.05, 0.1) is 6.04 Å². The minimum atomic E-state index is -0.342. The van der Waals surface area contributed by atoms with Crippen molar-refractivity contribution in [1.82, 2.24) is 9.80 Å². The van der Waals surface area contributed by atoms with E-state index < -0.39 is 0 Å². The zero-order chi connectivity index (χ0) is 11.6. The van der Waals surface area contributed by atoms with Crippen molar-refractivity contribution in [3.63, 3.8) is 0 Å². The molecule has 4 nitrogen and oxygen atoms in total. The quantitative estimate of drug-likeness (QED) is 0.725. The molecule has 1 aliphatic rings. The first-order valence-corrected chi connectivity index (χ1v) is 5.64. The SMILES string of the molecule is CC(C)[C@H](N)C(=O)N1CC[C@@H](N(C)C)C1. The summed E-state index contributed by atoms with van der Waals surface area (Å²) in [6.07, 6.45) is 1.06. The lowest BCUT2D eigenvalue weighted by Gasteiger charge is -2.24. The van der Waals surface area contributed by atoms with Gasteiger partial charge in [-0.1, -0.05) is 13.8 Å². The highest BCUT2D eigenvalue weighted by Crippen LogP contribution is 2.15. The second-order valence-electron chi connectivity index (χ2n) is 4.96. The van der Waals surface area contributed by atoms with Gasteiger partial charge in [-0.25, -0.2) is 0 Å². The van der Waals surface area contributed by atoms with Crippen molar-refractivity contribution < 1.29 is 4.79 Å². The molecule has 0 unspecified atom stereocenters. The Balaban J connectivity index is 2.50.